The predicted octanol–water partition coefficient (Wildman–Crippen LogP) is 1.50. The second-order valence-corrected chi connectivity index (χ2v) is 5.76. The van der Waals surface area contributed by atoms with Crippen LogP contribution in [0.25, 0.3) is 0 Å². The van der Waals surface area contributed by atoms with E-state index < -0.39 is 0 Å². The molecule has 16 heavy (non-hydrogen) atoms. The van der Waals surface area contributed by atoms with Gasteiger partial charge in [0.2, 0.25) is 0 Å². The van der Waals surface area contributed by atoms with Gasteiger partial charge in [0.1, 0.15) is 0 Å². The first kappa shape index (κ1) is 10.7. The summed E-state index contributed by atoms with van der Waals surface area (Å²) < 4.78 is 1.05. The molecular weight excluding hydrogens is 266 g/mol. The molecule has 0 bridgehead atoms. The Morgan fingerprint density at radius 1 is 1.31 bits per heavy atom. The van der Waals surface area contributed by atoms with Gasteiger partial charge in [-0.05, 0) is 53.0 Å². The monoisotopic (exact) mass is 281 g/mol. The van der Waals surface area contributed by atoms with Gasteiger partial charge in [0.05, 0.1) is 5.69 Å². The van der Waals surface area contributed by atoms with Crippen LogP contribution in [-0.4, -0.2) is 36.1 Å². The van der Waals surface area contributed by atoms with Gasteiger partial charge in [-0.3, -0.25) is 9.88 Å². The van der Waals surface area contributed by atoms with Crippen molar-refractivity contribution < 1.29 is 0 Å². The number of aromatic nitrogens is 1. The normalized spacial score (nSPS) is 29.6. The standard InChI is InChI=1S/C12H16BrN3/c13-11-1-2-12(15-5-11)8-16-6-9-3-14-4-10(9)7-16/h1-2,5,9-10,14H,3-4,6-8H2/t9-,10+. The highest BCUT2D eigenvalue weighted by Gasteiger charge is 2.35. The number of pyridine rings is 1. The Morgan fingerprint density at radius 2 is 2.06 bits per heavy atom. The summed E-state index contributed by atoms with van der Waals surface area (Å²) in [5.41, 5.74) is 1.18. The van der Waals surface area contributed by atoms with Crippen molar-refractivity contribution in [3.05, 3.63) is 28.5 Å². The third-order valence-corrected chi connectivity index (χ3v) is 4.11. The molecule has 1 aromatic rings. The molecule has 2 fully saturated rings. The minimum atomic E-state index is 0.871. The van der Waals surface area contributed by atoms with Crippen LogP contribution in [0.1, 0.15) is 5.69 Å². The lowest BCUT2D eigenvalue weighted by molar-refractivity contribution is 0.302. The number of hydrogen-bond acceptors (Lipinski definition) is 3. The molecule has 86 valence electrons. The van der Waals surface area contributed by atoms with Gasteiger partial charge >= 0.3 is 0 Å². The van der Waals surface area contributed by atoms with Crippen molar-refractivity contribution in [2.45, 2.75) is 6.54 Å². The Hall–Kier alpha value is -0.450. The molecule has 1 aromatic heterocycles. The molecule has 0 radical (unpaired) electrons. The van der Waals surface area contributed by atoms with Crippen molar-refractivity contribution in [2.75, 3.05) is 26.2 Å². The average Bonchev–Trinajstić information content (AvgIpc) is 2.81. The molecule has 0 aliphatic carbocycles. The van der Waals surface area contributed by atoms with E-state index in [0.717, 1.165) is 22.9 Å². The van der Waals surface area contributed by atoms with E-state index in [1.807, 2.05) is 6.20 Å². The number of hydrogen-bond donors (Lipinski definition) is 1. The Labute approximate surface area is 104 Å². The van der Waals surface area contributed by atoms with Gasteiger partial charge < -0.3 is 5.32 Å². The SMILES string of the molecule is Brc1ccc(CN2C[C@H]3CNC[C@H]3C2)nc1. The minimum absolute atomic E-state index is 0.871. The van der Waals surface area contributed by atoms with Crippen LogP contribution in [-0.2, 0) is 6.54 Å². The molecule has 3 heterocycles. The van der Waals surface area contributed by atoms with Crippen LogP contribution in [0.2, 0.25) is 0 Å². The molecule has 3 nitrogen and oxygen atoms in total. The minimum Gasteiger partial charge on any atom is -0.316 e. The first-order valence-electron chi connectivity index (χ1n) is 5.85. The lowest BCUT2D eigenvalue weighted by Crippen LogP contribution is -2.25. The van der Waals surface area contributed by atoms with Crippen LogP contribution in [0.5, 0.6) is 0 Å². The van der Waals surface area contributed by atoms with Crippen LogP contribution in [0.15, 0.2) is 22.8 Å². The van der Waals surface area contributed by atoms with Gasteiger partial charge in [0.15, 0.2) is 0 Å². The van der Waals surface area contributed by atoms with E-state index in [4.69, 9.17) is 0 Å². The van der Waals surface area contributed by atoms with Crippen molar-refractivity contribution in [1.29, 1.82) is 0 Å². The Bertz CT molecular complexity index is 353. The third kappa shape index (κ3) is 2.14. The molecule has 0 amide bonds. The van der Waals surface area contributed by atoms with E-state index in [0.29, 0.717) is 0 Å². The summed E-state index contributed by atoms with van der Waals surface area (Å²) in [4.78, 5) is 6.97. The number of fused-ring (bicyclic) bond motifs is 1. The highest BCUT2D eigenvalue weighted by atomic mass is 79.9. The molecule has 4 heteroatoms. The summed E-state index contributed by atoms with van der Waals surface area (Å²) in [6.45, 7) is 5.87. The summed E-state index contributed by atoms with van der Waals surface area (Å²) in [7, 11) is 0. The summed E-state index contributed by atoms with van der Waals surface area (Å²) in [5, 5.41) is 3.47. The molecule has 2 aliphatic rings. The van der Waals surface area contributed by atoms with Gasteiger partial charge in [-0.1, -0.05) is 0 Å². The Balaban J connectivity index is 1.62. The van der Waals surface area contributed by atoms with Crippen LogP contribution in [0, 0.1) is 11.8 Å². The number of nitrogens with zero attached hydrogens (tertiary/aromatic N) is 2. The third-order valence-electron chi connectivity index (χ3n) is 3.64. The van der Waals surface area contributed by atoms with Crippen molar-refractivity contribution in [3.8, 4) is 0 Å². The van der Waals surface area contributed by atoms with E-state index in [1.165, 1.54) is 31.9 Å². The van der Waals surface area contributed by atoms with Gasteiger partial charge in [-0.15, -0.1) is 0 Å². The second-order valence-electron chi connectivity index (χ2n) is 4.84. The lowest BCUT2D eigenvalue weighted by Gasteiger charge is -2.16. The van der Waals surface area contributed by atoms with Gasteiger partial charge in [-0.25, -0.2) is 0 Å². The van der Waals surface area contributed by atoms with E-state index in [9.17, 15) is 0 Å². The number of halogens is 1. The van der Waals surface area contributed by atoms with Crippen LogP contribution >= 0.6 is 15.9 Å². The smallest absolute Gasteiger partial charge is 0.0544 e. The summed E-state index contributed by atoms with van der Waals surface area (Å²) in [6.07, 6.45) is 1.88. The lowest BCUT2D eigenvalue weighted by atomic mass is 10.0. The zero-order valence-electron chi connectivity index (χ0n) is 9.19. The average molecular weight is 282 g/mol. The first-order chi connectivity index (χ1) is 7.81. The largest absolute Gasteiger partial charge is 0.316 e. The Kier molecular flexibility index (Phi) is 2.96. The summed E-state index contributed by atoms with van der Waals surface area (Å²) >= 11 is 3.41. The fourth-order valence-electron chi connectivity index (χ4n) is 2.81. The van der Waals surface area contributed by atoms with Gasteiger partial charge in [0, 0.05) is 30.3 Å². The van der Waals surface area contributed by atoms with Crippen LogP contribution in [0.3, 0.4) is 0 Å². The molecule has 2 saturated heterocycles. The molecule has 0 saturated carbocycles. The zero-order valence-corrected chi connectivity index (χ0v) is 10.8. The molecule has 0 aromatic carbocycles. The maximum atomic E-state index is 4.43. The topological polar surface area (TPSA) is 28.2 Å². The molecule has 0 unspecified atom stereocenters. The molecule has 2 atom stereocenters. The predicted molar refractivity (Wildman–Crippen MR) is 67.1 cm³/mol. The van der Waals surface area contributed by atoms with Crippen molar-refractivity contribution >= 4 is 15.9 Å². The molecule has 1 N–H and O–H groups in total. The molecule has 2 aliphatic heterocycles. The zero-order chi connectivity index (χ0) is 11.0. The Morgan fingerprint density at radius 3 is 2.69 bits per heavy atom. The van der Waals surface area contributed by atoms with E-state index in [-0.39, 0.29) is 0 Å². The van der Waals surface area contributed by atoms with Crippen LogP contribution < -0.4 is 5.32 Å². The maximum absolute atomic E-state index is 4.43. The summed E-state index contributed by atoms with van der Waals surface area (Å²) in [5.74, 6) is 1.74. The summed E-state index contributed by atoms with van der Waals surface area (Å²) in [6, 6.07) is 4.18. The highest BCUT2D eigenvalue weighted by Crippen LogP contribution is 2.27. The van der Waals surface area contributed by atoms with Crippen molar-refractivity contribution in [3.63, 3.8) is 0 Å². The van der Waals surface area contributed by atoms with Crippen molar-refractivity contribution in [1.82, 2.24) is 15.2 Å². The van der Waals surface area contributed by atoms with E-state index in [1.54, 1.807) is 0 Å². The number of likely N-dealkylation sites (tertiary alicyclic amines) is 1. The fourth-order valence-corrected chi connectivity index (χ4v) is 3.05. The molecule has 3 rings (SSSR count). The highest BCUT2D eigenvalue weighted by molar-refractivity contribution is 9.10. The van der Waals surface area contributed by atoms with Crippen LogP contribution in [0.4, 0.5) is 0 Å². The number of nitrogens with one attached hydrogen (secondary N) is 1. The first-order valence-corrected chi connectivity index (χ1v) is 6.64. The quantitative estimate of drug-likeness (QED) is 0.891. The molecule has 0 spiro atoms. The second kappa shape index (κ2) is 4.43. The fraction of sp³-hybridized carbons (Fsp3) is 0.583. The number of rotatable bonds is 2. The maximum Gasteiger partial charge on any atom is 0.0544 e. The molecular formula is C12H16BrN3. The van der Waals surface area contributed by atoms with Crippen molar-refractivity contribution in [2.24, 2.45) is 11.8 Å². The van der Waals surface area contributed by atoms with Gasteiger partial charge in [0.25, 0.3) is 0 Å². The van der Waals surface area contributed by atoms with E-state index in [2.05, 4.69) is 43.3 Å². The van der Waals surface area contributed by atoms with Gasteiger partial charge in [-0.2, -0.15) is 0 Å². The van der Waals surface area contributed by atoms with E-state index >= 15 is 0 Å².